The number of halogens is 3. The van der Waals surface area contributed by atoms with Crippen molar-refractivity contribution in [2.75, 3.05) is 0 Å². The molecule has 174 valence electrons. The van der Waals surface area contributed by atoms with Gasteiger partial charge in [-0.25, -0.2) is 9.31 Å². The number of aromatic nitrogens is 2. The van der Waals surface area contributed by atoms with Crippen molar-refractivity contribution < 1.29 is 27.9 Å². The zero-order valence-electron chi connectivity index (χ0n) is 18.0. The maximum Gasteiger partial charge on any atom is 0.416 e. The number of benzene rings is 2. The van der Waals surface area contributed by atoms with Gasteiger partial charge in [-0.05, 0) is 60.4 Å². The summed E-state index contributed by atoms with van der Waals surface area (Å²) < 4.78 is 40.1. The molecule has 1 atom stereocenters. The van der Waals surface area contributed by atoms with Gasteiger partial charge in [0, 0.05) is 6.20 Å². The average molecular weight is 467 g/mol. The molecule has 2 aromatic carbocycles. The van der Waals surface area contributed by atoms with E-state index < -0.39 is 23.8 Å². The summed E-state index contributed by atoms with van der Waals surface area (Å²) >= 11 is 0. The monoisotopic (exact) mass is 467 g/mol. The number of fused-ring (bicyclic) bond motifs is 1. The second-order valence-electron chi connectivity index (χ2n) is 7.88. The fraction of sp³-hybridized carbons (Fsp3) is 0.160. The smallest absolute Gasteiger partial charge is 0.416 e. The summed E-state index contributed by atoms with van der Waals surface area (Å²) in [6, 6.07) is 14.3. The van der Waals surface area contributed by atoms with Crippen molar-refractivity contribution in [2.45, 2.75) is 25.6 Å². The maximum absolute atomic E-state index is 13.1. The van der Waals surface area contributed by atoms with Crippen LogP contribution in [0.4, 0.5) is 13.2 Å². The number of hydrogen-bond acceptors (Lipinski definition) is 3. The Bertz CT molecular complexity index is 1340. The number of nitrogens with one attached hydrogen (secondary N) is 1. The first-order valence-electron chi connectivity index (χ1n) is 10.4. The van der Waals surface area contributed by atoms with Crippen LogP contribution in [0.1, 0.15) is 55.9 Å². The van der Waals surface area contributed by atoms with Crippen LogP contribution >= 0.6 is 0 Å². The van der Waals surface area contributed by atoms with Gasteiger partial charge in [-0.1, -0.05) is 30.3 Å². The number of rotatable bonds is 6. The molecule has 1 amide bonds. The molecule has 0 spiro atoms. The van der Waals surface area contributed by atoms with E-state index in [-0.39, 0.29) is 11.5 Å². The summed E-state index contributed by atoms with van der Waals surface area (Å²) in [5, 5.41) is 16.2. The quantitative estimate of drug-likeness (QED) is 0.412. The molecule has 1 unspecified atom stereocenters. The van der Waals surface area contributed by atoms with Gasteiger partial charge in [-0.3, -0.25) is 4.79 Å². The van der Waals surface area contributed by atoms with E-state index in [1.165, 1.54) is 30.5 Å². The molecule has 6 nitrogen and oxygen atoms in total. The standard InChI is InChI=1S/C25H20F3N3O3/c1-15(17-6-8-18(9-7-17)24(33)34)30-23(32)21-14-29-31-12-2-3-19(22(21)31)13-16-4-10-20(11-5-16)25(26,27)28/h2-12,14-15H,13H2,1H3,(H,30,32)(H,33,34). The van der Waals surface area contributed by atoms with Crippen molar-refractivity contribution in [2.24, 2.45) is 0 Å². The average Bonchev–Trinajstić information content (AvgIpc) is 3.24. The third-order valence-electron chi connectivity index (χ3n) is 5.55. The normalized spacial score (nSPS) is 12.5. The fourth-order valence-electron chi connectivity index (χ4n) is 3.73. The van der Waals surface area contributed by atoms with Crippen LogP contribution in [0.3, 0.4) is 0 Å². The van der Waals surface area contributed by atoms with E-state index in [2.05, 4.69) is 10.4 Å². The van der Waals surface area contributed by atoms with Crippen LogP contribution in [-0.4, -0.2) is 26.6 Å². The first-order chi connectivity index (χ1) is 16.1. The Morgan fingerprint density at radius 2 is 1.74 bits per heavy atom. The molecule has 2 aromatic heterocycles. The molecule has 0 fully saturated rings. The molecule has 0 aliphatic rings. The van der Waals surface area contributed by atoms with Crippen LogP contribution in [0.15, 0.2) is 73.1 Å². The largest absolute Gasteiger partial charge is 0.478 e. The van der Waals surface area contributed by atoms with Crippen LogP contribution in [0.2, 0.25) is 0 Å². The van der Waals surface area contributed by atoms with E-state index in [4.69, 9.17) is 5.11 Å². The van der Waals surface area contributed by atoms with Crippen molar-refractivity contribution in [3.05, 3.63) is 106 Å². The predicted octanol–water partition coefficient (Wildman–Crippen LogP) is 5.13. The molecule has 2 heterocycles. The summed E-state index contributed by atoms with van der Waals surface area (Å²) in [7, 11) is 0. The van der Waals surface area contributed by atoms with Gasteiger partial charge < -0.3 is 10.4 Å². The number of alkyl halides is 3. The third kappa shape index (κ3) is 4.78. The van der Waals surface area contributed by atoms with E-state index in [0.717, 1.165) is 23.3 Å². The molecular formula is C25H20F3N3O3. The molecular weight excluding hydrogens is 447 g/mol. The van der Waals surface area contributed by atoms with Crippen molar-refractivity contribution >= 4 is 17.4 Å². The zero-order valence-corrected chi connectivity index (χ0v) is 18.0. The Balaban J connectivity index is 1.57. The van der Waals surface area contributed by atoms with Crippen LogP contribution in [0.25, 0.3) is 5.52 Å². The van der Waals surface area contributed by atoms with E-state index >= 15 is 0 Å². The number of aromatic carboxylic acids is 1. The molecule has 2 N–H and O–H groups in total. The predicted molar refractivity (Wildman–Crippen MR) is 119 cm³/mol. The number of hydrogen-bond donors (Lipinski definition) is 2. The second kappa shape index (κ2) is 9.01. The highest BCUT2D eigenvalue weighted by atomic mass is 19.4. The van der Waals surface area contributed by atoms with Crippen molar-refractivity contribution in [3.63, 3.8) is 0 Å². The highest BCUT2D eigenvalue weighted by molar-refractivity contribution is 6.01. The SMILES string of the molecule is CC(NC(=O)c1cnn2cccc(Cc3ccc(C(F)(F)F)cc3)c12)c1ccc(C(=O)O)cc1. The lowest BCUT2D eigenvalue weighted by Crippen LogP contribution is -2.26. The van der Waals surface area contributed by atoms with Crippen LogP contribution < -0.4 is 5.32 Å². The van der Waals surface area contributed by atoms with Gasteiger partial charge in [0.05, 0.1) is 34.4 Å². The minimum Gasteiger partial charge on any atom is -0.478 e. The van der Waals surface area contributed by atoms with E-state index in [1.807, 2.05) is 0 Å². The van der Waals surface area contributed by atoms with Crippen LogP contribution in [0, 0.1) is 0 Å². The van der Waals surface area contributed by atoms with Gasteiger partial charge in [0.25, 0.3) is 5.91 Å². The van der Waals surface area contributed by atoms with E-state index in [0.29, 0.717) is 23.1 Å². The molecule has 0 aliphatic carbocycles. The highest BCUT2D eigenvalue weighted by Gasteiger charge is 2.30. The van der Waals surface area contributed by atoms with Gasteiger partial charge in [0.15, 0.2) is 0 Å². The lowest BCUT2D eigenvalue weighted by molar-refractivity contribution is -0.137. The van der Waals surface area contributed by atoms with Gasteiger partial charge >= 0.3 is 12.1 Å². The number of nitrogens with zero attached hydrogens (tertiary/aromatic N) is 2. The lowest BCUT2D eigenvalue weighted by Gasteiger charge is -2.15. The highest BCUT2D eigenvalue weighted by Crippen LogP contribution is 2.30. The first kappa shape index (κ1) is 23.0. The summed E-state index contributed by atoms with van der Waals surface area (Å²) in [6.07, 6.45) is -0.946. The van der Waals surface area contributed by atoms with E-state index in [9.17, 15) is 22.8 Å². The number of carbonyl (C=O) groups is 2. The van der Waals surface area contributed by atoms with Crippen LogP contribution in [0.5, 0.6) is 0 Å². The van der Waals surface area contributed by atoms with Gasteiger partial charge in [-0.15, -0.1) is 0 Å². The number of carboxylic acids is 1. The summed E-state index contributed by atoms with van der Waals surface area (Å²) in [4.78, 5) is 24.1. The number of carbonyl (C=O) groups excluding carboxylic acids is 1. The molecule has 4 rings (SSSR count). The van der Waals surface area contributed by atoms with Gasteiger partial charge in [0.1, 0.15) is 0 Å². The molecule has 4 aromatic rings. The minimum absolute atomic E-state index is 0.151. The summed E-state index contributed by atoms with van der Waals surface area (Å²) in [6.45, 7) is 1.78. The Labute approximate surface area is 192 Å². The number of amides is 1. The Morgan fingerprint density at radius 3 is 2.35 bits per heavy atom. The first-order valence-corrected chi connectivity index (χ1v) is 10.4. The third-order valence-corrected chi connectivity index (χ3v) is 5.55. The maximum atomic E-state index is 13.1. The number of carboxylic acid groups (broad SMARTS) is 1. The Kier molecular flexibility index (Phi) is 6.10. The fourth-order valence-corrected chi connectivity index (χ4v) is 3.73. The lowest BCUT2D eigenvalue weighted by atomic mass is 10.0. The van der Waals surface area contributed by atoms with E-state index in [1.54, 1.807) is 41.9 Å². The molecule has 34 heavy (non-hydrogen) atoms. The number of pyridine rings is 1. The van der Waals surface area contributed by atoms with Crippen LogP contribution in [-0.2, 0) is 12.6 Å². The van der Waals surface area contributed by atoms with Crippen molar-refractivity contribution in [1.82, 2.24) is 14.9 Å². The molecule has 9 heteroatoms. The minimum atomic E-state index is -4.40. The summed E-state index contributed by atoms with van der Waals surface area (Å²) in [5.41, 5.74) is 2.47. The molecule has 0 saturated heterocycles. The Morgan fingerprint density at radius 1 is 1.06 bits per heavy atom. The zero-order chi connectivity index (χ0) is 24.5. The Hall–Kier alpha value is -4.14. The second-order valence-corrected chi connectivity index (χ2v) is 7.88. The van der Waals surface area contributed by atoms with Gasteiger partial charge in [-0.2, -0.15) is 18.3 Å². The molecule has 0 radical (unpaired) electrons. The van der Waals surface area contributed by atoms with Crippen molar-refractivity contribution in [3.8, 4) is 0 Å². The van der Waals surface area contributed by atoms with Crippen molar-refractivity contribution in [1.29, 1.82) is 0 Å². The topological polar surface area (TPSA) is 83.7 Å². The molecule has 0 saturated carbocycles. The molecule has 0 bridgehead atoms. The summed E-state index contributed by atoms with van der Waals surface area (Å²) in [5.74, 6) is -1.40. The molecule has 0 aliphatic heterocycles. The van der Waals surface area contributed by atoms with Gasteiger partial charge in [0.2, 0.25) is 0 Å².